The van der Waals surface area contributed by atoms with E-state index in [1.54, 1.807) is 0 Å². The minimum absolute atomic E-state index is 0.322. The van der Waals surface area contributed by atoms with Gasteiger partial charge in [-0.05, 0) is 38.8 Å². The van der Waals surface area contributed by atoms with Crippen LogP contribution in [-0.4, -0.2) is 24.4 Å². The summed E-state index contributed by atoms with van der Waals surface area (Å²) in [6, 6.07) is 14.9. The molecule has 0 saturated carbocycles. The van der Waals surface area contributed by atoms with Gasteiger partial charge in [0.05, 0.1) is 0 Å². The first-order valence-electron chi connectivity index (χ1n) is 8.24. The molecule has 3 N–H and O–H groups in total. The molecule has 0 aliphatic carbocycles. The maximum atomic E-state index is 10.2. The number of quaternary nitrogens is 1. The molecule has 0 aromatic heterocycles. The molecule has 0 heterocycles. The van der Waals surface area contributed by atoms with Crippen LogP contribution in [0.3, 0.4) is 0 Å². The lowest BCUT2D eigenvalue weighted by molar-refractivity contribution is -0.698. The molecule has 0 unspecified atom stereocenters. The Labute approximate surface area is 139 Å². The number of aliphatic hydroxyl groups is 1. The van der Waals surface area contributed by atoms with Gasteiger partial charge < -0.3 is 15.2 Å². The first kappa shape index (κ1) is 17.5. The van der Waals surface area contributed by atoms with E-state index in [1.165, 1.54) is 11.1 Å². The van der Waals surface area contributed by atoms with Crippen molar-refractivity contribution in [2.45, 2.75) is 39.8 Å². The van der Waals surface area contributed by atoms with Crippen molar-refractivity contribution in [1.29, 1.82) is 0 Å². The van der Waals surface area contributed by atoms with Gasteiger partial charge >= 0.3 is 0 Å². The highest BCUT2D eigenvalue weighted by Crippen LogP contribution is 2.24. The van der Waals surface area contributed by atoms with Gasteiger partial charge in [0.2, 0.25) is 0 Å². The zero-order valence-electron chi connectivity index (χ0n) is 14.5. The fourth-order valence-corrected chi connectivity index (χ4v) is 2.90. The van der Waals surface area contributed by atoms with Crippen LogP contribution < -0.4 is 10.1 Å². The van der Waals surface area contributed by atoms with E-state index in [-0.39, 0.29) is 0 Å². The molecule has 0 amide bonds. The van der Waals surface area contributed by atoms with E-state index in [9.17, 15) is 5.11 Å². The second-order valence-corrected chi connectivity index (χ2v) is 6.36. The topological polar surface area (TPSA) is 46.1 Å². The fraction of sp³-hybridized carbons (Fsp3) is 0.400. The molecule has 2 aromatic carbocycles. The van der Waals surface area contributed by atoms with Gasteiger partial charge in [-0.2, -0.15) is 0 Å². The number of hydrogen-bond acceptors (Lipinski definition) is 2. The fourth-order valence-electron chi connectivity index (χ4n) is 2.90. The third-order valence-electron chi connectivity index (χ3n) is 4.11. The smallest absolute Gasteiger partial charge is 0.137 e. The van der Waals surface area contributed by atoms with Crippen LogP contribution in [0.4, 0.5) is 0 Å². The Kier molecular flexibility index (Phi) is 6.20. The molecule has 0 saturated heterocycles. The van der Waals surface area contributed by atoms with Crippen LogP contribution in [0.5, 0.6) is 5.75 Å². The summed E-state index contributed by atoms with van der Waals surface area (Å²) in [5.41, 5.74) is 4.75. The van der Waals surface area contributed by atoms with E-state index in [4.69, 9.17) is 4.74 Å². The number of rotatable bonds is 7. The third-order valence-corrected chi connectivity index (χ3v) is 4.11. The van der Waals surface area contributed by atoms with Crippen LogP contribution >= 0.6 is 0 Å². The van der Waals surface area contributed by atoms with E-state index in [0.29, 0.717) is 19.2 Å². The Morgan fingerprint density at radius 3 is 2.26 bits per heavy atom. The Bertz CT molecular complexity index is 602. The molecule has 23 heavy (non-hydrogen) atoms. The van der Waals surface area contributed by atoms with E-state index in [2.05, 4.69) is 43.4 Å². The van der Waals surface area contributed by atoms with Crippen LogP contribution in [0.25, 0.3) is 0 Å². The van der Waals surface area contributed by atoms with E-state index in [0.717, 1.165) is 16.9 Å². The SMILES string of the molecule is Cc1cc(C)c(OC[C@@H](O)C[NH2+][C@@H](C)c2ccccc2)c(C)c1. The number of ether oxygens (including phenoxy) is 1. The van der Waals surface area contributed by atoms with Crippen molar-refractivity contribution < 1.29 is 15.2 Å². The molecule has 0 aliphatic rings. The monoisotopic (exact) mass is 314 g/mol. The standard InChI is InChI=1S/C20H27NO2/c1-14-10-15(2)20(16(3)11-14)23-13-19(22)12-21-17(4)18-8-6-5-7-9-18/h5-11,17,19,21-22H,12-13H2,1-4H3/p+1/t17-,19-/m0/s1. The highest BCUT2D eigenvalue weighted by atomic mass is 16.5. The van der Waals surface area contributed by atoms with E-state index >= 15 is 0 Å². The quantitative estimate of drug-likeness (QED) is 0.825. The average Bonchev–Trinajstić information content (AvgIpc) is 2.52. The summed E-state index contributed by atoms with van der Waals surface area (Å²) < 4.78 is 5.85. The van der Waals surface area contributed by atoms with Crippen molar-refractivity contribution in [3.05, 3.63) is 64.7 Å². The predicted octanol–water partition coefficient (Wildman–Crippen LogP) is 2.68. The van der Waals surface area contributed by atoms with Crippen LogP contribution in [0.1, 0.15) is 35.2 Å². The third kappa shape index (κ3) is 5.08. The van der Waals surface area contributed by atoms with Crippen LogP contribution in [0.2, 0.25) is 0 Å². The molecule has 0 fully saturated rings. The van der Waals surface area contributed by atoms with Gasteiger partial charge in [-0.1, -0.05) is 48.0 Å². The number of aryl methyl sites for hydroxylation is 3. The largest absolute Gasteiger partial charge is 0.490 e. The molecule has 3 nitrogen and oxygen atoms in total. The lowest BCUT2D eigenvalue weighted by Gasteiger charge is -2.17. The van der Waals surface area contributed by atoms with Crippen molar-refractivity contribution in [3.8, 4) is 5.75 Å². The molecule has 2 atom stereocenters. The highest BCUT2D eigenvalue weighted by Gasteiger charge is 2.14. The van der Waals surface area contributed by atoms with E-state index < -0.39 is 6.10 Å². The minimum atomic E-state index is -0.485. The molecule has 124 valence electrons. The summed E-state index contributed by atoms with van der Waals surface area (Å²) >= 11 is 0. The zero-order valence-corrected chi connectivity index (χ0v) is 14.5. The molecule has 0 radical (unpaired) electrons. The van der Waals surface area contributed by atoms with Gasteiger partial charge in [-0.25, -0.2) is 0 Å². The van der Waals surface area contributed by atoms with Gasteiger partial charge in [0, 0.05) is 5.56 Å². The van der Waals surface area contributed by atoms with Gasteiger partial charge in [-0.3, -0.25) is 0 Å². The summed E-state index contributed by atoms with van der Waals surface area (Å²) in [5, 5.41) is 12.3. The molecule has 2 aromatic rings. The summed E-state index contributed by atoms with van der Waals surface area (Å²) in [6.45, 7) is 9.27. The molecule has 2 rings (SSSR count). The Hall–Kier alpha value is -1.84. The van der Waals surface area contributed by atoms with E-state index in [1.807, 2.05) is 32.0 Å². The number of benzene rings is 2. The highest BCUT2D eigenvalue weighted by molar-refractivity contribution is 5.42. The Balaban J connectivity index is 1.83. The first-order valence-corrected chi connectivity index (χ1v) is 8.24. The maximum Gasteiger partial charge on any atom is 0.137 e. The van der Waals surface area contributed by atoms with Crippen LogP contribution in [0.15, 0.2) is 42.5 Å². The lowest BCUT2D eigenvalue weighted by Crippen LogP contribution is -2.87. The van der Waals surface area contributed by atoms with Gasteiger partial charge in [0.15, 0.2) is 0 Å². The van der Waals surface area contributed by atoms with Gasteiger partial charge in [0.25, 0.3) is 0 Å². The van der Waals surface area contributed by atoms with Crippen LogP contribution in [0, 0.1) is 20.8 Å². The van der Waals surface area contributed by atoms with Gasteiger partial charge in [-0.15, -0.1) is 0 Å². The molecule has 0 aliphatic heterocycles. The number of hydrogen-bond donors (Lipinski definition) is 2. The Morgan fingerprint density at radius 2 is 1.65 bits per heavy atom. The maximum absolute atomic E-state index is 10.2. The second kappa shape index (κ2) is 8.14. The predicted molar refractivity (Wildman–Crippen MR) is 93.8 cm³/mol. The van der Waals surface area contributed by atoms with Gasteiger partial charge in [0.1, 0.15) is 31.0 Å². The van der Waals surface area contributed by atoms with Crippen molar-refractivity contribution in [3.63, 3.8) is 0 Å². The summed E-state index contributed by atoms with van der Waals surface area (Å²) in [7, 11) is 0. The first-order chi connectivity index (χ1) is 11.0. The van der Waals surface area contributed by atoms with Crippen molar-refractivity contribution in [1.82, 2.24) is 0 Å². The zero-order chi connectivity index (χ0) is 16.8. The number of aliphatic hydroxyl groups excluding tert-OH is 1. The molecule has 0 spiro atoms. The summed E-state index contributed by atoms with van der Waals surface area (Å²) in [5.74, 6) is 0.894. The van der Waals surface area contributed by atoms with Crippen molar-refractivity contribution in [2.24, 2.45) is 0 Å². The number of nitrogens with two attached hydrogens (primary N) is 1. The summed E-state index contributed by atoms with van der Waals surface area (Å²) in [6.07, 6.45) is -0.485. The molecule has 0 bridgehead atoms. The molecule has 3 heteroatoms. The van der Waals surface area contributed by atoms with Crippen molar-refractivity contribution >= 4 is 0 Å². The summed E-state index contributed by atoms with van der Waals surface area (Å²) in [4.78, 5) is 0. The second-order valence-electron chi connectivity index (χ2n) is 6.36. The van der Waals surface area contributed by atoms with Crippen LogP contribution in [-0.2, 0) is 0 Å². The minimum Gasteiger partial charge on any atom is -0.490 e. The molecular weight excluding hydrogens is 286 g/mol. The Morgan fingerprint density at radius 1 is 1.04 bits per heavy atom. The molecular formula is C20H28NO2+. The average molecular weight is 314 g/mol. The van der Waals surface area contributed by atoms with Crippen molar-refractivity contribution in [2.75, 3.05) is 13.2 Å². The normalized spacial score (nSPS) is 13.6. The lowest BCUT2D eigenvalue weighted by atomic mass is 10.1.